The first-order valence-corrected chi connectivity index (χ1v) is 11.5. The van der Waals surface area contributed by atoms with Crippen LogP contribution >= 0.6 is 7.82 Å². The number of aliphatic hydroxyl groups excluding tert-OH is 1. The molecule has 3 fully saturated rings. The van der Waals surface area contributed by atoms with E-state index in [2.05, 4.69) is 20.8 Å². The Morgan fingerprint density at radius 2 is 1.63 bits per heavy atom. The Balaban J connectivity index is 0.000000953. The molecular formula is C20H30Na3O6P. The van der Waals surface area contributed by atoms with Crippen LogP contribution in [0.4, 0.5) is 0 Å². The van der Waals surface area contributed by atoms with Crippen LogP contribution in [0.3, 0.4) is 0 Å². The zero-order valence-electron chi connectivity index (χ0n) is 19.3. The van der Waals surface area contributed by atoms with E-state index in [-0.39, 0.29) is 106 Å². The van der Waals surface area contributed by atoms with Gasteiger partial charge in [0, 0.05) is 6.42 Å². The predicted octanol–water partition coefficient (Wildman–Crippen LogP) is -7.69. The van der Waals surface area contributed by atoms with Gasteiger partial charge in [0.15, 0.2) is 5.78 Å². The van der Waals surface area contributed by atoms with Crippen LogP contribution in [-0.2, 0) is 9.36 Å². The van der Waals surface area contributed by atoms with E-state index in [1.165, 1.54) is 24.8 Å². The van der Waals surface area contributed by atoms with Gasteiger partial charge >= 0.3 is 88.7 Å². The van der Waals surface area contributed by atoms with Gasteiger partial charge in [0.2, 0.25) is 0 Å². The number of carbonyl (C=O) groups excluding carboxylic acids is 1. The van der Waals surface area contributed by atoms with Gasteiger partial charge in [0.05, 0.1) is 6.10 Å². The van der Waals surface area contributed by atoms with Gasteiger partial charge in [-0.1, -0.05) is 26.3 Å². The second-order valence-corrected chi connectivity index (χ2v) is 10.5. The van der Waals surface area contributed by atoms with E-state index in [1.807, 2.05) is 6.08 Å². The van der Waals surface area contributed by atoms with Crippen molar-refractivity contribution in [2.45, 2.75) is 71.8 Å². The fourth-order valence-electron chi connectivity index (χ4n) is 7.07. The second-order valence-electron chi connectivity index (χ2n) is 9.61. The molecule has 1 unspecified atom stereocenters. The number of ketones is 1. The van der Waals surface area contributed by atoms with Crippen molar-refractivity contribution in [1.82, 2.24) is 0 Å². The molecule has 4 aliphatic rings. The van der Waals surface area contributed by atoms with Crippen LogP contribution in [0, 0.1) is 34.5 Å². The quantitative estimate of drug-likeness (QED) is 0.280. The van der Waals surface area contributed by atoms with Crippen LogP contribution in [0.5, 0.6) is 0 Å². The van der Waals surface area contributed by atoms with Crippen LogP contribution in [0.25, 0.3) is 0 Å². The molecule has 1 N–H and O–H groups in total. The number of allylic oxidation sites excluding steroid dienone is 1. The zero-order valence-corrected chi connectivity index (χ0v) is 26.2. The van der Waals surface area contributed by atoms with E-state index in [4.69, 9.17) is 19.2 Å². The van der Waals surface area contributed by atoms with Gasteiger partial charge in [-0.2, -0.15) is 7.82 Å². The number of hydrogen-bond donors (Lipinski definition) is 1. The normalized spacial score (nSPS) is 41.8. The number of carbonyl (C=O) groups is 1. The fourth-order valence-corrected chi connectivity index (χ4v) is 7.07. The summed E-state index contributed by atoms with van der Waals surface area (Å²) in [6.45, 7) is 7.14. The van der Waals surface area contributed by atoms with E-state index in [0.717, 1.165) is 37.5 Å². The van der Waals surface area contributed by atoms with Crippen LogP contribution in [-0.4, -0.2) is 17.0 Å². The second kappa shape index (κ2) is 11.9. The maximum Gasteiger partial charge on any atom is 1.00 e. The number of rotatable bonds is 0. The molecule has 0 aromatic rings. The van der Waals surface area contributed by atoms with Crippen LogP contribution in [0.1, 0.15) is 65.7 Å². The Kier molecular flexibility index (Phi) is 12.9. The molecule has 0 saturated heterocycles. The van der Waals surface area contributed by atoms with Crippen molar-refractivity contribution in [3.63, 3.8) is 0 Å². The van der Waals surface area contributed by atoms with Gasteiger partial charge in [0.25, 0.3) is 0 Å². The predicted molar refractivity (Wildman–Crippen MR) is 94.9 cm³/mol. The van der Waals surface area contributed by atoms with Crippen molar-refractivity contribution in [1.29, 1.82) is 0 Å². The van der Waals surface area contributed by atoms with E-state index in [0.29, 0.717) is 17.6 Å². The van der Waals surface area contributed by atoms with Crippen molar-refractivity contribution in [2.24, 2.45) is 34.5 Å². The number of hydrogen-bond acceptors (Lipinski definition) is 6. The maximum absolute atomic E-state index is 11.8. The van der Waals surface area contributed by atoms with Crippen molar-refractivity contribution >= 4 is 13.6 Å². The molecule has 0 radical (unpaired) electrons. The average molecular weight is 466 g/mol. The molecule has 7 atom stereocenters. The third kappa shape index (κ3) is 6.57. The summed E-state index contributed by atoms with van der Waals surface area (Å²) in [5, 5.41) is 10.6. The summed E-state index contributed by atoms with van der Waals surface area (Å²) in [5.41, 5.74) is 1.84. The van der Waals surface area contributed by atoms with Gasteiger partial charge in [-0.15, -0.1) is 0 Å². The largest absolute Gasteiger partial charge is 1.00 e. The molecule has 154 valence electrons. The van der Waals surface area contributed by atoms with Crippen molar-refractivity contribution in [2.75, 3.05) is 0 Å². The summed E-state index contributed by atoms with van der Waals surface area (Å²) in [6.07, 6.45) is 9.41. The number of phosphoric acid groups is 1. The third-order valence-electron chi connectivity index (χ3n) is 8.23. The van der Waals surface area contributed by atoms with Crippen LogP contribution in [0.15, 0.2) is 11.6 Å². The average Bonchev–Trinajstić information content (AvgIpc) is 2.76. The number of fused-ring (bicyclic) bond motifs is 5. The first-order valence-electron chi connectivity index (χ1n) is 10.0. The van der Waals surface area contributed by atoms with E-state index in [9.17, 15) is 9.90 Å². The molecule has 0 bridgehead atoms. The van der Waals surface area contributed by atoms with E-state index >= 15 is 0 Å². The van der Waals surface area contributed by atoms with E-state index < -0.39 is 7.82 Å². The minimum absolute atomic E-state index is 0. The van der Waals surface area contributed by atoms with Crippen molar-refractivity contribution in [3.8, 4) is 0 Å². The molecule has 0 heterocycles. The molecule has 4 rings (SSSR count). The fraction of sp³-hybridized carbons (Fsp3) is 0.850. The van der Waals surface area contributed by atoms with Gasteiger partial charge < -0.3 is 24.4 Å². The Morgan fingerprint density at radius 3 is 2.20 bits per heavy atom. The minimum Gasteiger partial charge on any atom is -0.822 e. The standard InChI is InChI=1S/C20H30O2.3Na.H3O4P/c1-12-10-17(22)20(3)9-7-16-15(18(12)20)5-4-13-11-14(21)6-8-19(13,16)2;;;;1-5(2,3)4/h11-12,15-18,22H,4-10H2,1-3H3;;;;(H3,1,2,3,4)/q;3*+1;/p-3/t12?,15-,16+,17+,18+,19+,20-;;;;/m1..../s1. The molecule has 30 heavy (non-hydrogen) atoms. The molecule has 10 heteroatoms. The van der Waals surface area contributed by atoms with E-state index in [1.54, 1.807) is 0 Å². The Hall–Kier alpha value is 2.48. The molecule has 4 aliphatic carbocycles. The number of aliphatic hydroxyl groups is 1. The molecule has 0 aromatic carbocycles. The topological polar surface area (TPSA) is 124 Å². The Morgan fingerprint density at radius 1 is 1.07 bits per heavy atom. The molecular weight excluding hydrogens is 436 g/mol. The van der Waals surface area contributed by atoms with Gasteiger partial charge in [-0.05, 0) is 79.1 Å². The summed E-state index contributed by atoms with van der Waals surface area (Å²) in [7, 11) is -5.39. The molecule has 0 aliphatic heterocycles. The molecule has 0 amide bonds. The molecule has 0 aromatic heterocycles. The maximum atomic E-state index is 11.8. The molecule has 0 spiro atoms. The van der Waals surface area contributed by atoms with Crippen LogP contribution in [0.2, 0.25) is 0 Å². The van der Waals surface area contributed by atoms with Gasteiger partial charge in [-0.3, -0.25) is 4.79 Å². The summed E-state index contributed by atoms with van der Waals surface area (Å²) >= 11 is 0. The minimum atomic E-state index is -5.39. The summed E-state index contributed by atoms with van der Waals surface area (Å²) < 4.78 is 8.55. The van der Waals surface area contributed by atoms with Crippen molar-refractivity contribution in [3.05, 3.63) is 11.6 Å². The summed E-state index contributed by atoms with van der Waals surface area (Å²) in [4.78, 5) is 37.5. The first kappa shape index (κ1) is 32.5. The zero-order chi connectivity index (χ0) is 20.2. The Bertz CT molecular complexity index is 690. The van der Waals surface area contributed by atoms with Gasteiger partial charge in [0.1, 0.15) is 0 Å². The smallest absolute Gasteiger partial charge is 0.822 e. The monoisotopic (exact) mass is 466 g/mol. The third-order valence-corrected chi connectivity index (χ3v) is 8.23. The summed E-state index contributed by atoms with van der Waals surface area (Å²) in [5.74, 6) is 3.15. The molecule has 6 nitrogen and oxygen atoms in total. The van der Waals surface area contributed by atoms with Crippen LogP contribution < -0.4 is 103 Å². The molecule has 3 saturated carbocycles. The first-order chi connectivity index (χ1) is 12.4. The SMILES string of the molecule is CC1C[C@H](O)[C@@]2(C)CC[C@H]3[C@@H](CCC4=CC(=O)CC[C@@]43C)[C@H]12.O=P([O-])([O-])[O-].[Na+].[Na+].[Na+]. The Labute approximate surface area is 246 Å². The van der Waals surface area contributed by atoms with Gasteiger partial charge in [-0.25, -0.2) is 0 Å². The van der Waals surface area contributed by atoms with Crippen molar-refractivity contribution < 1.29 is 118 Å². The summed E-state index contributed by atoms with van der Waals surface area (Å²) in [6, 6.07) is 0.